The second-order valence-corrected chi connectivity index (χ2v) is 6.16. The minimum absolute atomic E-state index is 0.0976. The maximum absolute atomic E-state index is 12.6. The van der Waals surface area contributed by atoms with E-state index in [1.807, 2.05) is 6.92 Å². The predicted octanol–water partition coefficient (Wildman–Crippen LogP) is 1.60. The molecule has 5 heteroatoms. The zero-order valence-electron chi connectivity index (χ0n) is 12.5. The van der Waals surface area contributed by atoms with Gasteiger partial charge in [0, 0.05) is 18.3 Å². The Hall–Kier alpha value is -1.88. The summed E-state index contributed by atoms with van der Waals surface area (Å²) < 4.78 is 0. The smallest absolute Gasteiger partial charge is 0.263 e. The van der Waals surface area contributed by atoms with Crippen molar-refractivity contribution >= 4 is 17.5 Å². The van der Waals surface area contributed by atoms with Crippen LogP contribution in [0.3, 0.4) is 0 Å². The van der Waals surface area contributed by atoms with E-state index in [1.54, 1.807) is 18.2 Å². The molecule has 2 aliphatic heterocycles. The fourth-order valence-corrected chi connectivity index (χ4v) is 3.51. The van der Waals surface area contributed by atoms with Gasteiger partial charge in [-0.25, -0.2) is 0 Å². The Bertz CT molecular complexity index is 599. The molecule has 0 aromatic heterocycles. The predicted molar refractivity (Wildman–Crippen MR) is 81.0 cm³/mol. The van der Waals surface area contributed by atoms with E-state index < -0.39 is 0 Å². The number of imide groups is 1. The molecule has 0 radical (unpaired) electrons. The van der Waals surface area contributed by atoms with Gasteiger partial charge in [-0.3, -0.25) is 14.5 Å². The second-order valence-electron chi connectivity index (χ2n) is 6.16. The monoisotopic (exact) mass is 287 g/mol. The van der Waals surface area contributed by atoms with Crippen LogP contribution in [0.2, 0.25) is 0 Å². The van der Waals surface area contributed by atoms with Gasteiger partial charge in [0.1, 0.15) is 0 Å². The fourth-order valence-electron chi connectivity index (χ4n) is 3.51. The number of rotatable bonds is 2. The van der Waals surface area contributed by atoms with Crippen LogP contribution >= 0.6 is 0 Å². The summed E-state index contributed by atoms with van der Waals surface area (Å²) >= 11 is 0. The molecule has 2 unspecified atom stereocenters. The molecule has 21 heavy (non-hydrogen) atoms. The van der Waals surface area contributed by atoms with E-state index in [2.05, 4.69) is 11.9 Å². The zero-order valence-corrected chi connectivity index (χ0v) is 12.5. The van der Waals surface area contributed by atoms with Crippen molar-refractivity contribution in [1.29, 1.82) is 0 Å². The Labute approximate surface area is 124 Å². The summed E-state index contributed by atoms with van der Waals surface area (Å²) in [5.41, 5.74) is 7.08. The molecular formula is C16H21N3O2. The molecule has 0 saturated carbocycles. The lowest BCUT2D eigenvalue weighted by molar-refractivity contribution is 0.0486. The molecule has 0 bridgehead atoms. The number of anilines is 1. The van der Waals surface area contributed by atoms with E-state index in [9.17, 15) is 9.59 Å². The number of nitrogen functional groups attached to an aromatic ring is 1. The van der Waals surface area contributed by atoms with Crippen LogP contribution in [-0.2, 0) is 0 Å². The van der Waals surface area contributed by atoms with Gasteiger partial charge in [0.15, 0.2) is 0 Å². The highest BCUT2D eigenvalue weighted by Gasteiger charge is 2.42. The molecule has 2 N–H and O–H groups in total. The quantitative estimate of drug-likeness (QED) is 0.662. The minimum atomic E-state index is -0.242. The summed E-state index contributed by atoms with van der Waals surface area (Å²) in [4.78, 5) is 28.8. The Morgan fingerprint density at radius 3 is 2.71 bits per heavy atom. The highest BCUT2D eigenvalue weighted by Crippen LogP contribution is 2.32. The van der Waals surface area contributed by atoms with Crippen LogP contribution in [-0.4, -0.2) is 47.8 Å². The van der Waals surface area contributed by atoms with Gasteiger partial charge >= 0.3 is 0 Å². The van der Waals surface area contributed by atoms with Gasteiger partial charge in [0.05, 0.1) is 11.1 Å². The molecular weight excluding hydrogens is 266 g/mol. The number of hydrogen-bond donors (Lipinski definition) is 1. The van der Waals surface area contributed by atoms with Gasteiger partial charge in [-0.05, 0) is 51.4 Å². The largest absolute Gasteiger partial charge is 0.398 e. The van der Waals surface area contributed by atoms with Crippen LogP contribution in [0, 0.1) is 5.92 Å². The fraction of sp³-hybridized carbons (Fsp3) is 0.500. The normalized spacial score (nSPS) is 24.3. The molecule has 0 aliphatic carbocycles. The third-order valence-corrected chi connectivity index (χ3v) is 4.73. The van der Waals surface area contributed by atoms with Gasteiger partial charge in [-0.2, -0.15) is 0 Å². The number of fused-ring (bicyclic) bond motifs is 1. The first-order valence-electron chi connectivity index (χ1n) is 7.45. The number of piperidine rings is 1. The lowest BCUT2D eigenvalue weighted by atomic mass is 9.91. The Morgan fingerprint density at radius 2 is 2.05 bits per heavy atom. The first-order valence-corrected chi connectivity index (χ1v) is 7.45. The molecule has 2 aliphatic rings. The van der Waals surface area contributed by atoms with Crippen LogP contribution < -0.4 is 5.73 Å². The SMILES string of the molecule is CC(C1CCCN(C)C1)N1C(=O)c2cccc(N)c2C1=O. The Balaban J connectivity index is 1.89. The van der Waals surface area contributed by atoms with Crippen molar-refractivity contribution in [3.05, 3.63) is 29.3 Å². The average Bonchev–Trinajstić information content (AvgIpc) is 2.71. The maximum Gasteiger partial charge on any atom is 0.263 e. The van der Waals surface area contributed by atoms with Gasteiger partial charge in [-0.1, -0.05) is 6.07 Å². The van der Waals surface area contributed by atoms with E-state index in [4.69, 9.17) is 5.73 Å². The summed E-state index contributed by atoms with van der Waals surface area (Å²) in [5, 5.41) is 0. The van der Waals surface area contributed by atoms with Crippen LogP contribution in [0.4, 0.5) is 5.69 Å². The molecule has 2 atom stereocenters. The summed E-state index contributed by atoms with van der Waals surface area (Å²) in [6.07, 6.45) is 2.16. The first kappa shape index (κ1) is 14.1. The molecule has 1 saturated heterocycles. The van der Waals surface area contributed by atoms with Crippen molar-refractivity contribution < 1.29 is 9.59 Å². The van der Waals surface area contributed by atoms with Crippen molar-refractivity contribution in [2.75, 3.05) is 25.9 Å². The lowest BCUT2D eigenvalue weighted by Gasteiger charge is -2.36. The lowest BCUT2D eigenvalue weighted by Crippen LogP contribution is -2.47. The number of nitrogens with two attached hydrogens (primary N) is 1. The molecule has 0 spiro atoms. The molecule has 3 rings (SSSR count). The summed E-state index contributed by atoms with van der Waals surface area (Å²) in [7, 11) is 2.08. The number of benzene rings is 1. The van der Waals surface area contributed by atoms with E-state index in [0.717, 1.165) is 25.9 Å². The number of hydrogen-bond acceptors (Lipinski definition) is 4. The summed E-state index contributed by atoms with van der Waals surface area (Å²) in [6.45, 7) is 3.98. The average molecular weight is 287 g/mol. The standard InChI is InChI=1S/C16H21N3O2/c1-10(11-5-4-8-18(2)9-11)19-15(20)12-6-3-7-13(17)14(12)16(19)21/h3,6-7,10-11H,4-5,8-9,17H2,1-2H3. The van der Waals surface area contributed by atoms with E-state index in [1.165, 1.54) is 4.90 Å². The van der Waals surface area contributed by atoms with E-state index >= 15 is 0 Å². The highest BCUT2D eigenvalue weighted by atomic mass is 16.2. The van der Waals surface area contributed by atoms with E-state index in [-0.39, 0.29) is 17.9 Å². The molecule has 2 heterocycles. The van der Waals surface area contributed by atoms with Crippen molar-refractivity contribution in [2.45, 2.75) is 25.8 Å². The molecule has 1 aromatic carbocycles. The van der Waals surface area contributed by atoms with Crippen LogP contribution in [0.1, 0.15) is 40.5 Å². The van der Waals surface area contributed by atoms with Crippen LogP contribution in [0.25, 0.3) is 0 Å². The van der Waals surface area contributed by atoms with Gasteiger partial charge in [0.25, 0.3) is 11.8 Å². The van der Waals surface area contributed by atoms with Crippen molar-refractivity contribution in [3.63, 3.8) is 0 Å². The number of likely N-dealkylation sites (tertiary alicyclic amines) is 1. The number of carbonyl (C=O) groups excluding carboxylic acids is 2. The van der Waals surface area contributed by atoms with Crippen molar-refractivity contribution in [3.8, 4) is 0 Å². The Kier molecular flexibility index (Phi) is 3.45. The number of nitrogens with zero attached hydrogens (tertiary/aromatic N) is 2. The molecule has 112 valence electrons. The summed E-state index contributed by atoms with van der Waals surface area (Å²) in [5.74, 6) is -0.121. The summed E-state index contributed by atoms with van der Waals surface area (Å²) in [6, 6.07) is 4.99. The third kappa shape index (κ3) is 2.21. The first-order chi connectivity index (χ1) is 10.0. The van der Waals surface area contributed by atoms with Gasteiger partial charge in [-0.15, -0.1) is 0 Å². The number of amides is 2. The third-order valence-electron chi connectivity index (χ3n) is 4.73. The molecule has 1 fully saturated rings. The van der Waals surface area contributed by atoms with Crippen molar-refractivity contribution in [2.24, 2.45) is 5.92 Å². The van der Waals surface area contributed by atoms with Crippen LogP contribution in [0.5, 0.6) is 0 Å². The van der Waals surface area contributed by atoms with Gasteiger partial charge in [0.2, 0.25) is 0 Å². The molecule has 1 aromatic rings. The van der Waals surface area contributed by atoms with E-state index in [0.29, 0.717) is 22.7 Å². The molecule has 2 amide bonds. The Morgan fingerprint density at radius 1 is 1.29 bits per heavy atom. The van der Waals surface area contributed by atoms with Gasteiger partial charge < -0.3 is 10.6 Å². The number of carbonyl (C=O) groups is 2. The highest BCUT2D eigenvalue weighted by molar-refractivity contribution is 6.23. The maximum atomic E-state index is 12.6. The van der Waals surface area contributed by atoms with Crippen molar-refractivity contribution in [1.82, 2.24) is 9.80 Å². The minimum Gasteiger partial charge on any atom is -0.398 e. The molecule has 5 nitrogen and oxygen atoms in total. The zero-order chi connectivity index (χ0) is 15.1. The van der Waals surface area contributed by atoms with Crippen LogP contribution in [0.15, 0.2) is 18.2 Å². The second kappa shape index (κ2) is 5.15. The topological polar surface area (TPSA) is 66.6 Å².